The minimum atomic E-state index is 0.453. The van der Waals surface area contributed by atoms with E-state index in [1.807, 2.05) is 0 Å². The molecule has 2 rings (SSSR count). The van der Waals surface area contributed by atoms with Crippen LogP contribution in [-0.2, 0) is 0 Å². The molecule has 0 amide bonds. The van der Waals surface area contributed by atoms with Gasteiger partial charge in [0, 0.05) is 6.04 Å². The van der Waals surface area contributed by atoms with Crippen LogP contribution < -0.4 is 5.32 Å². The van der Waals surface area contributed by atoms with Crippen molar-refractivity contribution in [1.82, 2.24) is 5.32 Å². The summed E-state index contributed by atoms with van der Waals surface area (Å²) in [6.07, 6.45) is 6.63. The monoisotopic (exact) mass is 259 g/mol. The van der Waals surface area contributed by atoms with Crippen molar-refractivity contribution in [2.24, 2.45) is 5.41 Å². The summed E-state index contributed by atoms with van der Waals surface area (Å²) in [5.41, 5.74) is 1.99. The number of hydrogen-bond donors (Lipinski definition) is 1. The first-order valence-electron chi connectivity index (χ1n) is 7.83. The standard InChI is InChI=1S/C18H29N/c1-18(2,3)13-14-19-17-11-9-16(10-12-17)15-7-5-4-6-8-15/h4-8,16-17,19H,9-14H2,1-3H3. The molecule has 0 aliphatic heterocycles. The smallest absolute Gasteiger partial charge is 0.00674 e. The van der Waals surface area contributed by atoms with Gasteiger partial charge in [0.2, 0.25) is 0 Å². The van der Waals surface area contributed by atoms with Gasteiger partial charge in [-0.1, -0.05) is 51.1 Å². The third-order valence-electron chi connectivity index (χ3n) is 4.31. The molecule has 1 aromatic rings. The van der Waals surface area contributed by atoms with Gasteiger partial charge in [0.1, 0.15) is 0 Å². The minimum Gasteiger partial charge on any atom is -0.314 e. The molecular formula is C18H29N. The molecule has 0 atom stereocenters. The second-order valence-corrected chi connectivity index (χ2v) is 7.22. The molecule has 0 unspecified atom stereocenters. The molecule has 0 saturated heterocycles. The molecule has 1 nitrogen and oxygen atoms in total. The number of rotatable bonds is 4. The largest absolute Gasteiger partial charge is 0.314 e. The molecular weight excluding hydrogens is 230 g/mol. The predicted octanol–water partition coefficient (Wildman–Crippen LogP) is 4.74. The Morgan fingerprint density at radius 1 is 1.00 bits per heavy atom. The fraction of sp³-hybridized carbons (Fsp3) is 0.667. The van der Waals surface area contributed by atoms with E-state index < -0.39 is 0 Å². The molecule has 0 aromatic heterocycles. The van der Waals surface area contributed by atoms with E-state index in [1.165, 1.54) is 44.2 Å². The lowest BCUT2D eigenvalue weighted by Gasteiger charge is -2.30. The van der Waals surface area contributed by atoms with Gasteiger partial charge in [-0.25, -0.2) is 0 Å². The van der Waals surface area contributed by atoms with Crippen LogP contribution in [0.4, 0.5) is 0 Å². The third kappa shape index (κ3) is 4.99. The van der Waals surface area contributed by atoms with Gasteiger partial charge in [-0.2, -0.15) is 0 Å². The van der Waals surface area contributed by atoms with E-state index in [0.29, 0.717) is 5.41 Å². The molecule has 1 aliphatic carbocycles. The van der Waals surface area contributed by atoms with E-state index in [0.717, 1.165) is 12.0 Å². The summed E-state index contributed by atoms with van der Waals surface area (Å²) in [6, 6.07) is 11.8. The maximum absolute atomic E-state index is 3.75. The highest BCUT2D eigenvalue weighted by Crippen LogP contribution is 2.32. The molecule has 0 heterocycles. The average molecular weight is 259 g/mol. The van der Waals surface area contributed by atoms with Crippen LogP contribution in [0, 0.1) is 5.41 Å². The van der Waals surface area contributed by atoms with Crippen molar-refractivity contribution in [3.05, 3.63) is 35.9 Å². The lowest BCUT2D eigenvalue weighted by Crippen LogP contribution is -2.34. The lowest BCUT2D eigenvalue weighted by atomic mass is 9.81. The van der Waals surface area contributed by atoms with Crippen LogP contribution in [0.5, 0.6) is 0 Å². The molecule has 106 valence electrons. The minimum absolute atomic E-state index is 0.453. The van der Waals surface area contributed by atoms with E-state index in [1.54, 1.807) is 0 Å². The van der Waals surface area contributed by atoms with Crippen LogP contribution in [-0.4, -0.2) is 12.6 Å². The molecule has 0 bridgehead atoms. The zero-order chi connectivity index (χ0) is 13.7. The second kappa shape index (κ2) is 6.56. The lowest BCUT2D eigenvalue weighted by molar-refractivity contribution is 0.309. The molecule has 1 aliphatic rings. The van der Waals surface area contributed by atoms with Gasteiger partial charge in [0.15, 0.2) is 0 Å². The number of nitrogens with one attached hydrogen (secondary N) is 1. The third-order valence-corrected chi connectivity index (χ3v) is 4.31. The van der Waals surface area contributed by atoms with Gasteiger partial charge >= 0.3 is 0 Å². The molecule has 1 heteroatoms. The fourth-order valence-electron chi connectivity index (χ4n) is 3.01. The first kappa shape index (κ1) is 14.6. The highest BCUT2D eigenvalue weighted by molar-refractivity contribution is 5.20. The van der Waals surface area contributed by atoms with Crippen molar-refractivity contribution in [2.75, 3.05) is 6.54 Å². The first-order valence-corrected chi connectivity index (χ1v) is 7.83. The summed E-state index contributed by atoms with van der Waals surface area (Å²) < 4.78 is 0. The Balaban J connectivity index is 1.71. The van der Waals surface area contributed by atoms with E-state index in [-0.39, 0.29) is 0 Å². The van der Waals surface area contributed by atoms with Gasteiger partial charge in [0.05, 0.1) is 0 Å². The van der Waals surface area contributed by atoms with Gasteiger partial charge in [-0.05, 0) is 55.5 Å². The zero-order valence-electron chi connectivity index (χ0n) is 12.8. The Morgan fingerprint density at radius 2 is 1.63 bits per heavy atom. The first-order chi connectivity index (χ1) is 9.04. The van der Waals surface area contributed by atoms with Crippen molar-refractivity contribution in [1.29, 1.82) is 0 Å². The molecule has 0 radical (unpaired) electrons. The van der Waals surface area contributed by atoms with Crippen LogP contribution in [0.1, 0.15) is 64.4 Å². The number of benzene rings is 1. The van der Waals surface area contributed by atoms with Crippen molar-refractivity contribution < 1.29 is 0 Å². The number of hydrogen-bond acceptors (Lipinski definition) is 1. The highest BCUT2D eigenvalue weighted by Gasteiger charge is 2.22. The quantitative estimate of drug-likeness (QED) is 0.823. The topological polar surface area (TPSA) is 12.0 Å². The summed E-state index contributed by atoms with van der Waals surface area (Å²) in [5, 5.41) is 3.75. The van der Waals surface area contributed by atoms with Crippen LogP contribution in [0.25, 0.3) is 0 Å². The second-order valence-electron chi connectivity index (χ2n) is 7.22. The maximum atomic E-state index is 3.75. The van der Waals surface area contributed by atoms with Crippen molar-refractivity contribution in [3.63, 3.8) is 0 Å². The fourth-order valence-corrected chi connectivity index (χ4v) is 3.01. The summed E-state index contributed by atoms with van der Waals surface area (Å²) in [4.78, 5) is 0. The van der Waals surface area contributed by atoms with Crippen LogP contribution in [0.15, 0.2) is 30.3 Å². The van der Waals surface area contributed by atoms with Gasteiger partial charge in [-0.15, -0.1) is 0 Å². The van der Waals surface area contributed by atoms with Crippen LogP contribution in [0.3, 0.4) is 0 Å². The molecule has 19 heavy (non-hydrogen) atoms. The average Bonchev–Trinajstić information content (AvgIpc) is 2.39. The zero-order valence-corrected chi connectivity index (χ0v) is 12.8. The normalized spacial score (nSPS) is 24.4. The van der Waals surface area contributed by atoms with E-state index in [9.17, 15) is 0 Å². The van der Waals surface area contributed by atoms with Gasteiger partial charge in [-0.3, -0.25) is 0 Å². The van der Waals surface area contributed by atoms with Crippen LogP contribution in [0.2, 0.25) is 0 Å². The predicted molar refractivity (Wildman–Crippen MR) is 83.5 cm³/mol. The van der Waals surface area contributed by atoms with Gasteiger partial charge in [0.25, 0.3) is 0 Å². The van der Waals surface area contributed by atoms with Crippen molar-refractivity contribution in [2.45, 2.75) is 64.8 Å². The Morgan fingerprint density at radius 3 is 2.21 bits per heavy atom. The van der Waals surface area contributed by atoms with E-state index in [4.69, 9.17) is 0 Å². The maximum Gasteiger partial charge on any atom is 0.00674 e. The Hall–Kier alpha value is -0.820. The Labute approximate surface area is 118 Å². The highest BCUT2D eigenvalue weighted by atomic mass is 14.9. The van der Waals surface area contributed by atoms with Gasteiger partial charge < -0.3 is 5.32 Å². The van der Waals surface area contributed by atoms with Crippen molar-refractivity contribution in [3.8, 4) is 0 Å². The molecule has 1 N–H and O–H groups in total. The molecule has 0 spiro atoms. The summed E-state index contributed by atoms with van der Waals surface area (Å²) in [5.74, 6) is 0.793. The SMILES string of the molecule is CC(C)(C)CCNC1CCC(c2ccccc2)CC1. The summed E-state index contributed by atoms with van der Waals surface area (Å²) >= 11 is 0. The van der Waals surface area contributed by atoms with Crippen LogP contribution >= 0.6 is 0 Å². The molecule has 1 aromatic carbocycles. The Bertz CT molecular complexity index is 355. The Kier molecular flexibility index (Phi) is 5.04. The van der Waals surface area contributed by atoms with E-state index in [2.05, 4.69) is 56.4 Å². The van der Waals surface area contributed by atoms with E-state index >= 15 is 0 Å². The molecule has 1 saturated carbocycles. The summed E-state index contributed by atoms with van der Waals surface area (Å²) in [6.45, 7) is 8.13. The summed E-state index contributed by atoms with van der Waals surface area (Å²) in [7, 11) is 0. The van der Waals surface area contributed by atoms with Crippen molar-refractivity contribution >= 4 is 0 Å². The molecule has 1 fully saturated rings.